The quantitative estimate of drug-likeness (QED) is 0.740. The number of rotatable bonds is 5. The van der Waals surface area contributed by atoms with Gasteiger partial charge in [0.1, 0.15) is 0 Å². The van der Waals surface area contributed by atoms with E-state index in [-0.39, 0.29) is 13.0 Å². The van der Waals surface area contributed by atoms with Gasteiger partial charge in [-0.05, 0) is 11.8 Å². The summed E-state index contributed by atoms with van der Waals surface area (Å²) in [6.45, 7) is 4.61. The molecule has 2 N–H and O–H groups in total. The van der Waals surface area contributed by atoms with E-state index in [2.05, 4.69) is 0 Å². The number of aliphatic hydroxyl groups excluding tert-OH is 1. The minimum absolute atomic E-state index is 0.0224. The maximum absolute atomic E-state index is 12.7. The molecule has 0 saturated heterocycles. The zero-order valence-corrected chi connectivity index (χ0v) is 9.94. The molecule has 3 nitrogen and oxygen atoms in total. The number of hydrogen-bond acceptors (Lipinski definition) is 2. The molecular weight excluding hydrogens is 242 g/mol. The second kappa shape index (κ2) is 5.66. The molecule has 0 aromatic rings. The Morgan fingerprint density at radius 3 is 2.06 bits per heavy atom. The second-order valence-electron chi connectivity index (χ2n) is 4.83. The zero-order valence-electron chi connectivity index (χ0n) is 9.94. The van der Waals surface area contributed by atoms with Crippen LogP contribution in [0.4, 0.5) is 17.6 Å². The first-order valence-corrected chi connectivity index (χ1v) is 5.11. The van der Waals surface area contributed by atoms with Gasteiger partial charge < -0.3 is 10.4 Å². The van der Waals surface area contributed by atoms with Gasteiger partial charge in [-0.1, -0.05) is 20.8 Å². The molecule has 0 rings (SSSR count). The highest BCUT2D eigenvalue weighted by molar-refractivity contribution is 5.84. The Bertz CT molecular complexity index is 264. The lowest BCUT2D eigenvalue weighted by molar-refractivity contribution is -0.171. The first-order chi connectivity index (χ1) is 7.53. The van der Waals surface area contributed by atoms with Crippen LogP contribution in [0.15, 0.2) is 0 Å². The molecule has 0 spiro atoms. The first-order valence-electron chi connectivity index (χ1n) is 5.11. The van der Waals surface area contributed by atoms with Crippen LogP contribution in [-0.4, -0.2) is 36.0 Å². The summed E-state index contributed by atoms with van der Waals surface area (Å²) in [6, 6.07) is -0.801. The molecule has 0 saturated carbocycles. The highest BCUT2D eigenvalue weighted by atomic mass is 19.3. The summed E-state index contributed by atoms with van der Waals surface area (Å²) in [5.74, 6) is -6.72. The Hall–Kier alpha value is -0.850. The highest BCUT2D eigenvalue weighted by Gasteiger charge is 2.49. The summed E-state index contributed by atoms with van der Waals surface area (Å²) >= 11 is 0. The zero-order chi connectivity index (χ0) is 13.9. The van der Waals surface area contributed by atoms with Crippen LogP contribution >= 0.6 is 0 Å². The van der Waals surface area contributed by atoms with E-state index in [1.807, 2.05) is 5.32 Å². The maximum Gasteiger partial charge on any atom is 0.383 e. The smallest absolute Gasteiger partial charge is 0.383 e. The standard InChI is InChI=1S/C10H17F4NO2/c1-9(2,3)6(4-5-16)15-8(17)10(13,14)7(11)12/h6-7,16H,4-5H2,1-3H3,(H,15,17). The Kier molecular flexibility index (Phi) is 5.38. The van der Waals surface area contributed by atoms with Gasteiger partial charge >= 0.3 is 12.3 Å². The second-order valence-corrected chi connectivity index (χ2v) is 4.83. The molecule has 1 amide bonds. The van der Waals surface area contributed by atoms with E-state index in [9.17, 15) is 22.4 Å². The van der Waals surface area contributed by atoms with Crippen molar-refractivity contribution in [2.45, 2.75) is 45.6 Å². The summed E-state index contributed by atoms with van der Waals surface area (Å²) in [7, 11) is 0. The molecule has 0 aliphatic heterocycles. The number of nitrogens with one attached hydrogen (secondary N) is 1. The van der Waals surface area contributed by atoms with Crippen molar-refractivity contribution < 1.29 is 27.5 Å². The monoisotopic (exact) mass is 259 g/mol. The molecule has 0 radical (unpaired) electrons. The largest absolute Gasteiger partial charge is 0.396 e. The van der Waals surface area contributed by atoms with Gasteiger partial charge in [0.15, 0.2) is 0 Å². The van der Waals surface area contributed by atoms with Crippen LogP contribution < -0.4 is 5.32 Å². The fraction of sp³-hybridized carbons (Fsp3) is 0.900. The van der Waals surface area contributed by atoms with Gasteiger partial charge in [0.05, 0.1) is 0 Å². The van der Waals surface area contributed by atoms with Crippen molar-refractivity contribution in [1.29, 1.82) is 0 Å². The molecule has 0 heterocycles. The van der Waals surface area contributed by atoms with Gasteiger partial charge in [0.25, 0.3) is 5.91 Å². The highest BCUT2D eigenvalue weighted by Crippen LogP contribution is 2.26. The number of hydrogen-bond donors (Lipinski definition) is 2. The molecule has 0 aromatic carbocycles. The molecule has 17 heavy (non-hydrogen) atoms. The average molecular weight is 259 g/mol. The fourth-order valence-electron chi connectivity index (χ4n) is 1.20. The third-order valence-corrected chi connectivity index (χ3v) is 2.35. The van der Waals surface area contributed by atoms with Crippen molar-refractivity contribution in [3.63, 3.8) is 0 Å². The van der Waals surface area contributed by atoms with Crippen molar-refractivity contribution in [1.82, 2.24) is 5.32 Å². The topological polar surface area (TPSA) is 49.3 Å². The van der Waals surface area contributed by atoms with Gasteiger partial charge in [-0.15, -0.1) is 0 Å². The number of amides is 1. The molecule has 0 bridgehead atoms. The molecular formula is C10H17F4NO2. The van der Waals surface area contributed by atoms with E-state index in [0.717, 1.165) is 0 Å². The third kappa shape index (κ3) is 4.49. The average Bonchev–Trinajstić information content (AvgIpc) is 2.15. The van der Waals surface area contributed by atoms with Crippen molar-refractivity contribution >= 4 is 5.91 Å². The molecule has 1 atom stereocenters. The van der Waals surface area contributed by atoms with Gasteiger partial charge in [0.2, 0.25) is 0 Å². The molecule has 0 fully saturated rings. The number of alkyl halides is 4. The molecule has 7 heteroatoms. The number of halogens is 4. The molecule has 0 aromatic heterocycles. The lowest BCUT2D eigenvalue weighted by atomic mass is 9.85. The fourth-order valence-corrected chi connectivity index (χ4v) is 1.20. The van der Waals surface area contributed by atoms with Crippen molar-refractivity contribution in [3.05, 3.63) is 0 Å². The van der Waals surface area contributed by atoms with E-state index >= 15 is 0 Å². The van der Waals surface area contributed by atoms with Gasteiger partial charge in [-0.25, -0.2) is 8.78 Å². The van der Waals surface area contributed by atoms with E-state index in [4.69, 9.17) is 5.11 Å². The SMILES string of the molecule is CC(C)(C)C(CCO)NC(=O)C(F)(F)C(F)F. The third-order valence-electron chi connectivity index (χ3n) is 2.35. The number of carbonyl (C=O) groups is 1. The van der Waals surface area contributed by atoms with Crippen molar-refractivity contribution in [2.75, 3.05) is 6.61 Å². The Balaban J connectivity index is 4.74. The van der Waals surface area contributed by atoms with Crippen LogP contribution in [0.1, 0.15) is 27.2 Å². The summed E-state index contributed by atoms with van der Waals surface area (Å²) in [4.78, 5) is 11.0. The van der Waals surface area contributed by atoms with Crippen LogP contribution in [-0.2, 0) is 4.79 Å². The van der Waals surface area contributed by atoms with Crippen LogP contribution in [0.25, 0.3) is 0 Å². The number of aliphatic hydroxyl groups is 1. The maximum atomic E-state index is 12.7. The van der Waals surface area contributed by atoms with E-state index in [1.165, 1.54) is 0 Å². The Morgan fingerprint density at radius 2 is 1.76 bits per heavy atom. The van der Waals surface area contributed by atoms with Gasteiger partial charge in [0, 0.05) is 12.6 Å². The molecule has 102 valence electrons. The minimum atomic E-state index is -4.71. The predicted octanol–water partition coefficient (Wildman–Crippen LogP) is 1.80. The van der Waals surface area contributed by atoms with E-state index in [0.29, 0.717) is 0 Å². The predicted molar refractivity (Wildman–Crippen MR) is 54.0 cm³/mol. The molecule has 0 aliphatic rings. The Morgan fingerprint density at radius 1 is 1.29 bits per heavy atom. The van der Waals surface area contributed by atoms with Gasteiger partial charge in [-0.3, -0.25) is 4.79 Å². The first kappa shape index (κ1) is 16.1. The summed E-state index contributed by atoms with van der Waals surface area (Å²) in [6.07, 6.45) is -4.02. The van der Waals surface area contributed by atoms with Crippen molar-refractivity contribution in [2.24, 2.45) is 5.41 Å². The molecule has 1 unspecified atom stereocenters. The lowest BCUT2D eigenvalue weighted by Gasteiger charge is -2.32. The summed E-state index contributed by atoms with van der Waals surface area (Å²) in [5, 5.41) is 10.6. The van der Waals surface area contributed by atoms with E-state index < -0.39 is 29.7 Å². The minimum Gasteiger partial charge on any atom is -0.396 e. The molecule has 0 aliphatic carbocycles. The Labute approximate surface area is 97.2 Å². The summed E-state index contributed by atoms with van der Waals surface area (Å²) in [5.41, 5.74) is -0.614. The van der Waals surface area contributed by atoms with Crippen molar-refractivity contribution in [3.8, 4) is 0 Å². The van der Waals surface area contributed by atoms with E-state index in [1.54, 1.807) is 20.8 Å². The van der Waals surface area contributed by atoms with Crippen LogP contribution in [0.3, 0.4) is 0 Å². The van der Waals surface area contributed by atoms with Gasteiger partial charge in [-0.2, -0.15) is 8.78 Å². The lowest BCUT2D eigenvalue weighted by Crippen LogP contribution is -2.52. The van der Waals surface area contributed by atoms with Crippen LogP contribution in [0.2, 0.25) is 0 Å². The normalized spacial score (nSPS) is 14.9. The number of carbonyl (C=O) groups excluding carboxylic acids is 1. The van der Waals surface area contributed by atoms with Crippen LogP contribution in [0.5, 0.6) is 0 Å². The van der Waals surface area contributed by atoms with Crippen LogP contribution in [0, 0.1) is 5.41 Å². The summed E-state index contributed by atoms with van der Waals surface area (Å²) < 4.78 is 49.3.